The van der Waals surface area contributed by atoms with Crippen LogP contribution in [0.3, 0.4) is 0 Å². The molecule has 0 atom stereocenters. The summed E-state index contributed by atoms with van der Waals surface area (Å²) in [6.45, 7) is 1.92. The molecular formula is C12H14ClN5O2S. The van der Waals surface area contributed by atoms with Crippen molar-refractivity contribution in [2.24, 2.45) is 5.84 Å². The number of sulfonamides is 1. The first kappa shape index (κ1) is 15.6. The van der Waals surface area contributed by atoms with Crippen molar-refractivity contribution in [2.45, 2.75) is 18.4 Å². The van der Waals surface area contributed by atoms with Gasteiger partial charge in [-0.2, -0.15) is 0 Å². The molecule has 0 aromatic carbocycles. The maximum atomic E-state index is 12.2. The van der Waals surface area contributed by atoms with Crippen LogP contribution in [0.4, 0.5) is 5.82 Å². The third-order valence-electron chi connectivity index (χ3n) is 2.65. The summed E-state index contributed by atoms with van der Waals surface area (Å²) in [5.74, 6) is 5.39. The fraction of sp³-hybridized carbons (Fsp3) is 0.167. The fourth-order valence-electron chi connectivity index (χ4n) is 1.62. The van der Waals surface area contributed by atoms with Crippen LogP contribution < -0.4 is 16.0 Å². The average molecular weight is 328 g/mol. The highest BCUT2D eigenvalue weighted by Gasteiger charge is 2.16. The topological polar surface area (TPSA) is 110 Å². The van der Waals surface area contributed by atoms with Gasteiger partial charge in [-0.05, 0) is 25.1 Å². The lowest BCUT2D eigenvalue weighted by Gasteiger charge is -2.08. The molecule has 0 saturated heterocycles. The molecule has 0 aliphatic carbocycles. The minimum absolute atomic E-state index is 0.0425. The number of aromatic nitrogens is 2. The van der Waals surface area contributed by atoms with E-state index < -0.39 is 10.0 Å². The largest absolute Gasteiger partial charge is 0.307 e. The highest BCUT2D eigenvalue weighted by molar-refractivity contribution is 7.89. The molecule has 112 valence electrons. The van der Waals surface area contributed by atoms with E-state index in [9.17, 15) is 8.42 Å². The summed E-state index contributed by atoms with van der Waals surface area (Å²) in [4.78, 5) is 8.01. The first-order valence-electron chi connectivity index (χ1n) is 5.97. The maximum absolute atomic E-state index is 12.2. The van der Waals surface area contributed by atoms with Gasteiger partial charge in [-0.1, -0.05) is 17.7 Å². The third-order valence-corrected chi connectivity index (χ3v) is 4.31. The van der Waals surface area contributed by atoms with E-state index >= 15 is 0 Å². The van der Waals surface area contributed by atoms with Gasteiger partial charge in [0, 0.05) is 11.9 Å². The maximum Gasteiger partial charge on any atom is 0.242 e. The molecule has 0 amide bonds. The first-order chi connectivity index (χ1) is 9.92. The highest BCUT2D eigenvalue weighted by Crippen LogP contribution is 2.21. The molecule has 0 bridgehead atoms. The van der Waals surface area contributed by atoms with Crippen molar-refractivity contribution >= 4 is 27.4 Å². The molecule has 0 fully saturated rings. The Bertz CT molecular complexity index is 751. The van der Waals surface area contributed by atoms with Crippen molar-refractivity contribution in [3.8, 4) is 0 Å². The van der Waals surface area contributed by atoms with E-state index in [1.807, 2.05) is 19.1 Å². The van der Waals surface area contributed by atoms with Gasteiger partial charge < -0.3 is 5.43 Å². The van der Waals surface area contributed by atoms with E-state index in [0.29, 0.717) is 5.69 Å². The zero-order valence-electron chi connectivity index (χ0n) is 11.2. The Morgan fingerprint density at radius 1 is 1.38 bits per heavy atom. The fourth-order valence-corrected chi connectivity index (χ4v) is 2.88. The van der Waals surface area contributed by atoms with E-state index in [4.69, 9.17) is 17.4 Å². The second kappa shape index (κ2) is 6.35. The molecule has 0 spiro atoms. The summed E-state index contributed by atoms with van der Waals surface area (Å²) >= 11 is 5.86. The molecule has 0 radical (unpaired) electrons. The van der Waals surface area contributed by atoms with Gasteiger partial charge in [0.25, 0.3) is 0 Å². The molecule has 0 aliphatic rings. The number of pyridine rings is 2. The quantitative estimate of drug-likeness (QED) is 0.562. The summed E-state index contributed by atoms with van der Waals surface area (Å²) in [5.41, 5.74) is 3.71. The molecule has 4 N–H and O–H groups in total. The number of anilines is 1. The minimum Gasteiger partial charge on any atom is -0.307 e. The average Bonchev–Trinajstić information content (AvgIpc) is 2.45. The number of hydrogen-bond donors (Lipinski definition) is 3. The lowest BCUT2D eigenvalue weighted by atomic mass is 10.3. The number of rotatable bonds is 5. The molecule has 0 aliphatic heterocycles. The lowest BCUT2D eigenvalue weighted by molar-refractivity contribution is 0.580. The van der Waals surface area contributed by atoms with Crippen molar-refractivity contribution < 1.29 is 8.42 Å². The van der Waals surface area contributed by atoms with Gasteiger partial charge in [0.1, 0.15) is 4.90 Å². The van der Waals surface area contributed by atoms with Gasteiger partial charge in [-0.3, -0.25) is 4.98 Å². The molecule has 21 heavy (non-hydrogen) atoms. The molecule has 2 heterocycles. The van der Waals surface area contributed by atoms with E-state index in [2.05, 4.69) is 20.1 Å². The zero-order valence-corrected chi connectivity index (χ0v) is 12.7. The van der Waals surface area contributed by atoms with Crippen LogP contribution in [-0.2, 0) is 16.6 Å². The standard InChI is InChI=1S/C12H14ClN5O2S/c1-8-3-2-4-9(17-8)6-16-21(19,20)10-5-11(13)12(18-14)15-7-10/h2-5,7,16H,6,14H2,1H3,(H,15,18). The van der Waals surface area contributed by atoms with Crippen molar-refractivity contribution in [3.05, 3.63) is 46.9 Å². The Balaban J connectivity index is 2.17. The Labute approximate surface area is 127 Å². The second-order valence-electron chi connectivity index (χ2n) is 4.24. The summed E-state index contributed by atoms with van der Waals surface area (Å²) in [6.07, 6.45) is 1.17. The monoisotopic (exact) mass is 327 g/mol. The Morgan fingerprint density at radius 3 is 2.76 bits per heavy atom. The molecular weight excluding hydrogens is 314 g/mol. The van der Waals surface area contributed by atoms with E-state index in [1.165, 1.54) is 12.3 Å². The van der Waals surface area contributed by atoms with Crippen molar-refractivity contribution in [1.29, 1.82) is 0 Å². The molecule has 9 heteroatoms. The van der Waals surface area contributed by atoms with Crippen LogP contribution in [0.2, 0.25) is 5.02 Å². The van der Waals surface area contributed by atoms with Crippen molar-refractivity contribution in [2.75, 3.05) is 5.43 Å². The normalized spacial score (nSPS) is 11.4. The summed E-state index contributed by atoms with van der Waals surface area (Å²) in [6, 6.07) is 6.66. The number of nitrogens with two attached hydrogens (primary N) is 1. The van der Waals surface area contributed by atoms with Gasteiger partial charge in [-0.25, -0.2) is 24.0 Å². The molecule has 2 rings (SSSR count). The highest BCUT2D eigenvalue weighted by atomic mass is 35.5. The van der Waals surface area contributed by atoms with Gasteiger partial charge in [-0.15, -0.1) is 0 Å². The number of aryl methyl sites for hydroxylation is 1. The van der Waals surface area contributed by atoms with Gasteiger partial charge in [0.2, 0.25) is 10.0 Å². The second-order valence-corrected chi connectivity index (χ2v) is 6.41. The SMILES string of the molecule is Cc1cccc(CNS(=O)(=O)c2cnc(NN)c(Cl)c2)n1. The number of nitrogens with one attached hydrogen (secondary N) is 2. The number of nitrogen functional groups attached to an aromatic ring is 1. The minimum atomic E-state index is -3.72. The van der Waals surface area contributed by atoms with Crippen LogP contribution in [0.5, 0.6) is 0 Å². The van der Waals surface area contributed by atoms with Crippen LogP contribution in [0, 0.1) is 6.92 Å². The number of nitrogens with zero attached hydrogens (tertiary/aromatic N) is 2. The van der Waals surface area contributed by atoms with Crippen LogP contribution in [0.15, 0.2) is 35.4 Å². The van der Waals surface area contributed by atoms with Crippen LogP contribution in [-0.4, -0.2) is 18.4 Å². The van der Waals surface area contributed by atoms with Gasteiger partial charge >= 0.3 is 0 Å². The van der Waals surface area contributed by atoms with Crippen LogP contribution in [0.25, 0.3) is 0 Å². The summed E-state index contributed by atoms with van der Waals surface area (Å²) in [7, 11) is -3.72. The van der Waals surface area contributed by atoms with Crippen LogP contribution >= 0.6 is 11.6 Å². The molecule has 7 nitrogen and oxygen atoms in total. The Kier molecular flexibility index (Phi) is 4.73. The van der Waals surface area contributed by atoms with Crippen molar-refractivity contribution in [3.63, 3.8) is 0 Å². The molecule has 2 aromatic heterocycles. The van der Waals surface area contributed by atoms with E-state index in [0.717, 1.165) is 5.69 Å². The molecule has 2 aromatic rings. The predicted octanol–water partition coefficient (Wildman–Crippen LogP) is 1.20. The third kappa shape index (κ3) is 3.88. The Morgan fingerprint density at radius 2 is 2.14 bits per heavy atom. The predicted molar refractivity (Wildman–Crippen MR) is 80.1 cm³/mol. The number of halogens is 1. The van der Waals surface area contributed by atoms with Gasteiger partial charge in [0.05, 0.1) is 17.3 Å². The summed E-state index contributed by atoms with van der Waals surface area (Å²) < 4.78 is 26.7. The number of hydrazine groups is 1. The molecule has 0 saturated carbocycles. The lowest BCUT2D eigenvalue weighted by Crippen LogP contribution is -2.24. The zero-order chi connectivity index (χ0) is 15.5. The van der Waals surface area contributed by atoms with Gasteiger partial charge in [0.15, 0.2) is 5.82 Å². The van der Waals surface area contributed by atoms with E-state index in [1.54, 1.807) is 6.07 Å². The van der Waals surface area contributed by atoms with E-state index in [-0.39, 0.29) is 22.3 Å². The van der Waals surface area contributed by atoms with Crippen LogP contribution in [0.1, 0.15) is 11.4 Å². The molecule has 0 unspecified atom stereocenters. The Hall–Kier alpha value is -1.74. The summed E-state index contributed by atoms with van der Waals surface area (Å²) in [5, 5.41) is 0.119. The first-order valence-corrected chi connectivity index (χ1v) is 7.83. The van der Waals surface area contributed by atoms with Crippen molar-refractivity contribution in [1.82, 2.24) is 14.7 Å². The smallest absolute Gasteiger partial charge is 0.242 e. The number of hydrogen-bond acceptors (Lipinski definition) is 6.